The van der Waals surface area contributed by atoms with Gasteiger partial charge in [-0.1, -0.05) is 90.8 Å². The van der Waals surface area contributed by atoms with E-state index in [1.54, 1.807) is 11.0 Å². The summed E-state index contributed by atoms with van der Waals surface area (Å²) in [6, 6.07) is 22.8. The van der Waals surface area contributed by atoms with Crippen LogP contribution in [0, 0.1) is 6.92 Å². The van der Waals surface area contributed by atoms with E-state index < -0.39 is 6.04 Å². The second-order valence-corrected chi connectivity index (χ2v) is 11.0. The van der Waals surface area contributed by atoms with Crippen molar-refractivity contribution < 1.29 is 9.59 Å². The number of halogens is 2. The summed E-state index contributed by atoms with van der Waals surface area (Å²) in [5.41, 5.74) is 4.12. The SMILES string of the molecule is CC[C@@H](C)NC(=O)[C@H](Cc1ccccc1)N(Cc1ccccc1C)C(=O)CSCc1ccc(Cl)c(Cl)c1. The maximum Gasteiger partial charge on any atom is 0.243 e. The highest BCUT2D eigenvalue weighted by Gasteiger charge is 2.31. The van der Waals surface area contributed by atoms with Crippen LogP contribution in [0.4, 0.5) is 0 Å². The van der Waals surface area contributed by atoms with Crippen molar-refractivity contribution in [3.05, 3.63) is 105 Å². The van der Waals surface area contributed by atoms with Gasteiger partial charge in [-0.15, -0.1) is 11.8 Å². The zero-order valence-corrected chi connectivity index (χ0v) is 23.9. The van der Waals surface area contributed by atoms with Gasteiger partial charge in [0.2, 0.25) is 11.8 Å². The summed E-state index contributed by atoms with van der Waals surface area (Å²) in [7, 11) is 0. The first-order chi connectivity index (χ1) is 17.8. The highest BCUT2D eigenvalue weighted by atomic mass is 35.5. The third kappa shape index (κ3) is 8.80. The van der Waals surface area contributed by atoms with Gasteiger partial charge in [0.25, 0.3) is 0 Å². The molecule has 0 radical (unpaired) electrons. The number of thioether (sulfide) groups is 1. The van der Waals surface area contributed by atoms with Crippen molar-refractivity contribution in [1.82, 2.24) is 10.2 Å². The van der Waals surface area contributed by atoms with Crippen LogP contribution in [0.2, 0.25) is 10.0 Å². The quantitative estimate of drug-likeness (QED) is 0.259. The predicted octanol–water partition coefficient (Wildman–Crippen LogP) is 7.09. The largest absolute Gasteiger partial charge is 0.352 e. The van der Waals surface area contributed by atoms with E-state index in [1.807, 2.05) is 87.5 Å². The number of nitrogens with one attached hydrogen (secondary N) is 1. The number of amides is 2. The number of nitrogens with zero attached hydrogens (tertiary/aromatic N) is 1. The smallest absolute Gasteiger partial charge is 0.243 e. The molecule has 0 aromatic heterocycles. The Kier molecular flexibility index (Phi) is 11.4. The Labute approximate surface area is 234 Å². The van der Waals surface area contributed by atoms with E-state index in [1.165, 1.54) is 11.8 Å². The fourth-order valence-electron chi connectivity index (χ4n) is 3.93. The van der Waals surface area contributed by atoms with Crippen LogP contribution in [0.15, 0.2) is 72.8 Å². The lowest BCUT2D eigenvalue weighted by atomic mass is 10.0. The van der Waals surface area contributed by atoms with Crippen LogP contribution in [-0.2, 0) is 28.3 Å². The van der Waals surface area contributed by atoms with E-state index in [2.05, 4.69) is 5.32 Å². The number of hydrogen-bond donors (Lipinski definition) is 1. The van der Waals surface area contributed by atoms with Crippen molar-refractivity contribution in [2.45, 2.75) is 58.0 Å². The molecule has 0 bridgehead atoms. The average molecular weight is 558 g/mol. The van der Waals surface area contributed by atoms with E-state index in [0.717, 1.165) is 28.7 Å². The Hall–Kier alpha value is -2.47. The zero-order chi connectivity index (χ0) is 26.8. The molecule has 1 N–H and O–H groups in total. The van der Waals surface area contributed by atoms with Gasteiger partial charge >= 0.3 is 0 Å². The number of hydrogen-bond acceptors (Lipinski definition) is 3. The van der Waals surface area contributed by atoms with Crippen LogP contribution in [0.25, 0.3) is 0 Å². The van der Waals surface area contributed by atoms with Crippen molar-refractivity contribution in [3.63, 3.8) is 0 Å². The van der Waals surface area contributed by atoms with Crippen LogP contribution < -0.4 is 5.32 Å². The normalized spacial score (nSPS) is 12.6. The van der Waals surface area contributed by atoms with E-state index in [0.29, 0.717) is 28.8 Å². The Morgan fingerprint density at radius 3 is 2.32 bits per heavy atom. The average Bonchev–Trinajstić information content (AvgIpc) is 2.89. The Bertz CT molecular complexity index is 1190. The molecular formula is C30H34Cl2N2O2S. The molecule has 0 fully saturated rings. The van der Waals surface area contributed by atoms with Crippen molar-refractivity contribution in [3.8, 4) is 0 Å². The molecule has 3 aromatic rings. The molecule has 0 saturated heterocycles. The van der Waals surface area contributed by atoms with E-state index in [-0.39, 0.29) is 23.6 Å². The molecule has 196 valence electrons. The predicted molar refractivity (Wildman–Crippen MR) is 156 cm³/mol. The molecule has 3 rings (SSSR count). The first kappa shape index (κ1) is 29.1. The van der Waals surface area contributed by atoms with Gasteiger partial charge in [0.15, 0.2) is 0 Å². The second-order valence-electron chi connectivity index (χ2n) is 9.21. The van der Waals surface area contributed by atoms with Crippen LogP contribution in [-0.4, -0.2) is 34.6 Å². The Balaban J connectivity index is 1.86. The van der Waals surface area contributed by atoms with Crippen LogP contribution >= 0.6 is 35.0 Å². The molecule has 2 atom stereocenters. The summed E-state index contributed by atoms with van der Waals surface area (Å²) in [4.78, 5) is 29.0. The molecule has 4 nitrogen and oxygen atoms in total. The van der Waals surface area contributed by atoms with Crippen molar-refractivity contribution in [1.29, 1.82) is 0 Å². The number of rotatable bonds is 12. The minimum Gasteiger partial charge on any atom is -0.352 e. The summed E-state index contributed by atoms with van der Waals surface area (Å²) < 4.78 is 0. The minimum atomic E-state index is -0.630. The van der Waals surface area contributed by atoms with Crippen molar-refractivity contribution >= 4 is 46.8 Å². The first-order valence-corrected chi connectivity index (χ1v) is 14.4. The number of carbonyl (C=O) groups is 2. The maximum absolute atomic E-state index is 13.7. The molecule has 3 aromatic carbocycles. The number of carbonyl (C=O) groups excluding carboxylic acids is 2. The highest BCUT2D eigenvalue weighted by Crippen LogP contribution is 2.25. The summed E-state index contributed by atoms with van der Waals surface area (Å²) in [5, 5.41) is 4.12. The Morgan fingerprint density at radius 2 is 1.65 bits per heavy atom. The monoisotopic (exact) mass is 556 g/mol. The molecule has 7 heteroatoms. The lowest BCUT2D eigenvalue weighted by Gasteiger charge is -2.32. The first-order valence-electron chi connectivity index (χ1n) is 12.5. The van der Waals surface area contributed by atoms with Gasteiger partial charge in [-0.25, -0.2) is 0 Å². The standard InChI is InChI=1S/C30H34Cl2N2O2S/c1-4-22(3)33-30(36)28(17-23-11-6-5-7-12-23)34(18-25-13-9-8-10-21(25)2)29(35)20-37-19-24-14-15-26(31)27(32)16-24/h5-16,22,28H,4,17-20H2,1-3H3,(H,33,36)/t22-,28+/m1/s1. The third-order valence-electron chi connectivity index (χ3n) is 6.35. The van der Waals surface area contributed by atoms with Crippen molar-refractivity contribution in [2.24, 2.45) is 0 Å². The van der Waals surface area contributed by atoms with Gasteiger partial charge in [0, 0.05) is 24.8 Å². The van der Waals surface area contributed by atoms with Gasteiger partial charge in [0.05, 0.1) is 15.8 Å². The maximum atomic E-state index is 13.7. The molecule has 0 aliphatic rings. The molecule has 0 spiro atoms. The van der Waals surface area contributed by atoms with Gasteiger partial charge in [0.1, 0.15) is 6.04 Å². The number of aryl methyl sites for hydroxylation is 1. The molecule has 0 aliphatic heterocycles. The van der Waals surface area contributed by atoms with Crippen LogP contribution in [0.1, 0.15) is 42.5 Å². The van der Waals surface area contributed by atoms with E-state index in [9.17, 15) is 9.59 Å². The second kappa shape index (κ2) is 14.5. The molecule has 37 heavy (non-hydrogen) atoms. The van der Waals surface area contributed by atoms with Gasteiger partial charge < -0.3 is 10.2 Å². The number of benzene rings is 3. The van der Waals surface area contributed by atoms with E-state index in [4.69, 9.17) is 23.2 Å². The van der Waals surface area contributed by atoms with Crippen LogP contribution in [0.3, 0.4) is 0 Å². The van der Waals surface area contributed by atoms with Crippen LogP contribution in [0.5, 0.6) is 0 Å². The summed E-state index contributed by atoms with van der Waals surface area (Å²) >= 11 is 13.7. The molecule has 0 heterocycles. The van der Waals surface area contributed by atoms with Gasteiger partial charge in [-0.2, -0.15) is 0 Å². The summed E-state index contributed by atoms with van der Waals surface area (Å²) in [6.07, 6.45) is 1.26. The van der Waals surface area contributed by atoms with Crippen molar-refractivity contribution in [2.75, 3.05) is 5.75 Å². The molecular weight excluding hydrogens is 523 g/mol. The summed E-state index contributed by atoms with van der Waals surface area (Å²) in [5.74, 6) is 0.653. The van der Waals surface area contributed by atoms with Gasteiger partial charge in [-0.05, 0) is 54.7 Å². The minimum absolute atomic E-state index is 0.0187. The lowest BCUT2D eigenvalue weighted by Crippen LogP contribution is -2.52. The summed E-state index contributed by atoms with van der Waals surface area (Å²) in [6.45, 7) is 6.41. The molecule has 0 aliphatic carbocycles. The Morgan fingerprint density at radius 1 is 0.946 bits per heavy atom. The third-order valence-corrected chi connectivity index (χ3v) is 8.08. The molecule has 2 amide bonds. The molecule has 0 unspecified atom stereocenters. The molecule has 0 saturated carbocycles. The van der Waals surface area contributed by atoms with E-state index >= 15 is 0 Å². The van der Waals surface area contributed by atoms with Gasteiger partial charge in [-0.3, -0.25) is 9.59 Å². The topological polar surface area (TPSA) is 49.4 Å². The highest BCUT2D eigenvalue weighted by molar-refractivity contribution is 7.99. The lowest BCUT2D eigenvalue weighted by molar-refractivity contribution is -0.139. The zero-order valence-electron chi connectivity index (χ0n) is 21.5. The fourth-order valence-corrected chi connectivity index (χ4v) is 5.11. The fraction of sp³-hybridized carbons (Fsp3) is 0.333.